The summed E-state index contributed by atoms with van der Waals surface area (Å²) in [6.45, 7) is 3.17. The molecule has 2 amide bonds. The SMILES string of the molecule is COc1ccc(N2CC=C[C@]34S[C@]5(C)/C=C\CCCOC(=O)[C@@H]5[C@H]3C(=O)N(CCCCCO)C4C2=O)cc1. The van der Waals surface area contributed by atoms with Crippen molar-refractivity contribution in [1.29, 1.82) is 0 Å². The summed E-state index contributed by atoms with van der Waals surface area (Å²) in [6, 6.07) is 6.58. The van der Waals surface area contributed by atoms with Gasteiger partial charge in [0, 0.05) is 30.1 Å². The Morgan fingerprint density at radius 1 is 1.05 bits per heavy atom. The number of carbonyl (C=O) groups excluding carboxylic acids is 3. The molecule has 204 valence electrons. The average molecular weight is 541 g/mol. The number of benzene rings is 1. The Hall–Kier alpha value is -2.78. The predicted molar refractivity (Wildman–Crippen MR) is 146 cm³/mol. The third-order valence-corrected chi connectivity index (χ3v) is 9.99. The highest BCUT2D eigenvalue weighted by Gasteiger charge is 2.73. The summed E-state index contributed by atoms with van der Waals surface area (Å²) >= 11 is 1.56. The number of hydrogen-bond donors (Lipinski definition) is 1. The van der Waals surface area contributed by atoms with E-state index in [1.165, 1.54) is 0 Å². The number of rotatable bonds is 7. The summed E-state index contributed by atoms with van der Waals surface area (Å²) in [7, 11) is 1.60. The molecule has 1 N–H and O–H groups in total. The number of ether oxygens (including phenoxy) is 2. The van der Waals surface area contributed by atoms with Crippen LogP contribution in [0.15, 0.2) is 48.6 Å². The van der Waals surface area contributed by atoms with Crippen molar-refractivity contribution in [2.45, 2.75) is 54.6 Å². The number of fused-ring (bicyclic) bond motifs is 2. The fourth-order valence-corrected chi connectivity index (χ4v) is 8.59. The molecule has 9 heteroatoms. The van der Waals surface area contributed by atoms with E-state index in [-0.39, 0.29) is 24.4 Å². The zero-order valence-corrected chi connectivity index (χ0v) is 22.8. The van der Waals surface area contributed by atoms with Gasteiger partial charge in [-0.15, -0.1) is 11.8 Å². The first-order valence-corrected chi connectivity index (χ1v) is 14.3. The number of cyclic esters (lactones) is 1. The van der Waals surface area contributed by atoms with E-state index in [0.717, 1.165) is 24.9 Å². The number of methoxy groups -OCH3 is 1. The summed E-state index contributed by atoms with van der Waals surface area (Å²) in [5, 5.41) is 9.24. The summed E-state index contributed by atoms with van der Waals surface area (Å²) in [5.74, 6) is -1.38. The van der Waals surface area contributed by atoms with Crippen LogP contribution in [0.1, 0.15) is 39.0 Å². The lowest BCUT2D eigenvalue weighted by Crippen LogP contribution is -2.53. The van der Waals surface area contributed by atoms with Crippen LogP contribution in [-0.4, -0.2) is 76.7 Å². The van der Waals surface area contributed by atoms with Crippen molar-refractivity contribution >= 4 is 35.2 Å². The predicted octanol–water partition coefficient (Wildman–Crippen LogP) is 3.34. The Labute approximate surface area is 228 Å². The molecule has 1 aromatic carbocycles. The minimum absolute atomic E-state index is 0.0886. The molecule has 4 aliphatic heterocycles. The monoisotopic (exact) mass is 540 g/mol. The number of allylic oxidation sites excluding steroid dienone is 1. The Morgan fingerprint density at radius 2 is 1.84 bits per heavy atom. The minimum atomic E-state index is -0.895. The van der Waals surface area contributed by atoms with Crippen molar-refractivity contribution in [3.63, 3.8) is 0 Å². The van der Waals surface area contributed by atoms with Crippen LogP contribution in [0.2, 0.25) is 0 Å². The van der Waals surface area contributed by atoms with Crippen LogP contribution in [0, 0.1) is 11.8 Å². The largest absolute Gasteiger partial charge is 0.497 e. The molecule has 2 fully saturated rings. The van der Waals surface area contributed by atoms with Crippen molar-refractivity contribution in [1.82, 2.24) is 4.90 Å². The summed E-state index contributed by atoms with van der Waals surface area (Å²) in [5.41, 5.74) is 0.727. The maximum atomic E-state index is 14.4. The molecule has 0 bridgehead atoms. The lowest BCUT2D eigenvalue weighted by Gasteiger charge is -2.37. The van der Waals surface area contributed by atoms with Gasteiger partial charge in [0.1, 0.15) is 11.8 Å². The normalized spacial score (nSPS) is 33.4. The zero-order valence-electron chi connectivity index (χ0n) is 22.0. The minimum Gasteiger partial charge on any atom is -0.497 e. The molecule has 4 aliphatic rings. The molecule has 5 atom stereocenters. The zero-order chi connectivity index (χ0) is 26.9. The van der Waals surface area contributed by atoms with Gasteiger partial charge >= 0.3 is 5.97 Å². The molecule has 0 aliphatic carbocycles. The van der Waals surface area contributed by atoms with Crippen molar-refractivity contribution < 1.29 is 29.0 Å². The van der Waals surface area contributed by atoms with Gasteiger partial charge in [0.2, 0.25) is 5.91 Å². The van der Waals surface area contributed by atoms with Crippen molar-refractivity contribution in [2.24, 2.45) is 11.8 Å². The lowest BCUT2D eigenvalue weighted by molar-refractivity contribution is -0.154. The molecular weight excluding hydrogens is 504 g/mol. The van der Waals surface area contributed by atoms with Crippen molar-refractivity contribution in [3.05, 3.63) is 48.6 Å². The van der Waals surface area contributed by atoms with Crippen molar-refractivity contribution in [3.8, 4) is 5.75 Å². The van der Waals surface area contributed by atoms with Crippen molar-refractivity contribution in [2.75, 3.05) is 38.3 Å². The highest BCUT2D eigenvalue weighted by Crippen LogP contribution is 2.65. The molecule has 38 heavy (non-hydrogen) atoms. The van der Waals surface area contributed by atoms with Crippen LogP contribution in [0.3, 0.4) is 0 Å². The molecular formula is C29H36N2O6S. The van der Waals surface area contributed by atoms with Gasteiger partial charge in [-0.3, -0.25) is 14.4 Å². The molecule has 0 radical (unpaired) electrons. The molecule has 0 saturated carbocycles. The first-order valence-electron chi connectivity index (χ1n) is 13.5. The quantitative estimate of drug-likeness (QED) is 0.322. The highest BCUT2D eigenvalue weighted by molar-refractivity contribution is 8.02. The lowest BCUT2D eigenvalue weighted by atomic mass is 9.74. The second-order valence-corrected chi connectivity index (χ2v) is 12.4. The maximum absolute atomic E-state index is 14.4. The van der Waals surface area contributed by atoms with Gasteiger partial charge in [-0.1, -0.05) is 24.3 Å². The van der Waals surface area contributed by atoms with Gasteiger partial charge in [0.15, 0.2) is 0 Å². The third-order valence-electron chi connectivity index (χ3n) is 8.19. The molecule has 1 aromatic rings. The molecule has 0 aromatic heterocycles. The van der Waals surface area contributed by atoms with Gasteiger partial charge in [-0.05, 0) is 63.3 Å². The topological polar surface area (TPSA) is 96.4 Å². The summed E-state index contributed by atoms with van der Waals surface area (Å²) in [6.07, 6.45) is 11.7. The number of carbonyl (C=O) groups is 3. The van der Waals surface area contributed by atoms with Crippen LogP contribution in [0.5, 0.6) is 5.75 Å². The number of nitrogens with zero attached hydrogens (tertiary/aromatic N) is 2. The van der Waals surface area contributed by atoms with E-state index >= 15 is 0 Å². The molecule has 8 nitrogen and oxygen atoms in total. The van der Waals surface area contributed by atoms with Crippen LogP contribution >= 0.6 is 11.8 Å². The van der Waals surface area contributed by atoms with Gasteiger partial charge < -0.3 is 24.4 Å². The first-order chi connectivity index (χ1) is 18.4. The van der Waals surface area contributed by atoms with Crippen LogP contribution < -0.4 is 9.64 Å². The third kappa shape index (κ3) is 4.43. The van der Waals surface area contributed by atoms with E-state index in [1.807, 2.05) is 43.3 Å². The van der Waals surface area contributed by atoms with E-state index in [2.05, 4.69) is 12.2 Å². The Balaban J connectivity index is 1.58. The highest BCUT2D eigenvalue weighted by atomic mass is 32.2. The summed E-state index contributed by atoms with van der Waals surface area (Å²) in [4.78, 5) is 45.6. The second kappa shape index (κ2) is 10.8. The summed E-state index contributed by atoms with van der Waals surface area (Å²) < 4.78 is 9.39. The Morgan fingerprint density at radius 3 is 2.58 bits per heavy atom. The van der Waals surface area contributed by atoms with E-state index in [4.69, 9.17) is 9.47 Å². The molecule has 1 unspecified atom stereocenters. The number of esters is 1. The number of likely N-dealkylation sites (tertiary alicyclic amines) is 1. The number of aliphatic hydroxyl groups excluding tert-OH is 1. The standard InChI is InChI=1S/C29H36N2O6S/c1-28-14-5-3-8-19-37-27(35)23(28)22-25(33)31(16-6-4-7-18-32)24-26(34)30(17-9-15-29(22,24)38-28)20-10-12-21(36-2)13-11-20/h5,9-15,22-24,32H,3-4,6-8,16-19H2,1-2H3/b14-5-/t22-,23-,24?,28+,29-/m0/s1. The molecule has 5 rings (SSSR count). The Bertz CT molecular complexity index is 1140. The first kappa shape index (κ1) is 26.8. The smallest absolute Gasteiger partial charge is 0.311 e. The number of hydrogen-bond acceptors (Lipinski definition) is 7. The number of amides is 2. The number of anilines is 1. The fourth-order valence-electron chi connectivity index (χ4n) is 6.44. The van der Waals surface area contributed by atoms with E-state index in [0.29, 0.717) is 38.3 Å². The number of unbranched alkanes of at least 4 members (excludes halogenated alkanes) is 2. The molecule has 4 heterocycles. The Kier molecular flexibility index (Phi) is 7.60. The number of thioether (sulfide) groups is 1. The van der Waals surface area contributed by atoms with Crippen LogP contribution in [0.4, 0.5) is 5.69 Å². The van der Waals surface area contributed by atoms with Gasteiger partial charge in [0.05, 0.1) is 30.3 Å². The number of aliphatic hydroxyl groups is 1. The van der Waals surface area contributed by atoms with Gasteiger partial charge in [-0.2, -0.15) is 0 Å². The molecule has 2 saturated heterocycles. The van der Waals surface area contributed by atoms with Gasteiger partial charge in [-0.25, -0.2) is 0 Å². The second-order valence-electron chi connectivity index (χ2n) is 10.6. The average Bonchev–Trinajstić information content (AvgIpc) is 3.25. The van der Waals surface area contributed by atoms with E-state index in [9.17, 15) is 19.5 Å². The van der Waals surface area contributed by atoms with E-state index in [1.54, 1.807) is 28.7 Å². The van der Waals surface area contributed by atoms with Crippen LogP contribution in [-0.2, 0) is 19.1 Å². The van der Waals surface area contributed by atoms with Crippen LogP contribution in [0.25, 0.3) is 0 Å². The molecule has 1 spiro atoms. The maximum Gasteiger partial charge on any atom is 0.311 e. The fraction of sp³-hybridized carbons (Fsp3) is 0.552. The van der Waals surface area contributed by atoms with E-state index < -0.39 is 27.4 Å². The van der Waals surface area contributed by atoms with Gasteiger partial charge in [0.25, 0.3) is 5.91 Å².